The van der Waals surface area contributed by atoms with E-state index in [0.29, 0.717) is 22.4 Å². The number of aromatic nitrogens is 1. The zero-order valence-electron chi connectivity index (χ0n) is 10.2. The minimum atomic E-state index is -0.502. The van der Waals surface area contributed by atoms with Crippen LogP contribution in [0.3, 0.4) is 0 Å². The third kappa shape index (κ3) is 3.30. The predicted molar refractivity (Wildman–Crippen MR) is 77.1 cm³/mol. The highest BCUT2D eigenvalue weighted by atomic mass is 79.9. The zero-order chi connectivity index (χ0) is 14.5. The molecule has 1 aromatic heterocycles. The molecule has 0 atom stereocenters. The van der Waals surface area contributed by atoms with Crippen LogP contribution in [0, 0.1) is 21.4 Å². The van der Waals surface area contributed by atoms with Gasteiger partial charge in [0.1, 0.15) is 12.0 Å². The third-order valence-corrected chi connectivity index (χ3v) is 3.16. The number of halogens is 1. The predicted octanol–water partition coefficient (Wildman–Crippen LogP) is 3.24. The SMILES string of the molecule is N#Cc1cccc(CNc2ncc([N+](=O)[O-])cc2Br)c1. The molecule has 20 heavy (non-hydrogen) atoms. The molecule has 6 nitrogen and oxygen atoms in total. The highest BCUT2D eigenvalue weighted by molar-refractivity contribution is 9.10. The molecular weight excluding hydrogens is 324 g/mol. The molecule has 2 rings (SSSR count). The quantitative estimate of drug-likeness (QED) is 0.685. The molecule has 7 heteroatoms. The van der Waals surface area contributed by atoms with Gasteiger partial charge in [0.05, 0.1) is 21.0 Å². The van der Waals surface area contributed by atoms with Crippen LogP contribution in [-0.2, 0) is 6.54 Å². The Balaban J connectivity index is 2.11. The number of hydrogen-bond acceptors (Lipinski definition) is 5. The smallest absolute Gasteiger partial charge is 0.288 e. The first kappa shape index (κ1) is 14.0. The van der Waals surface area contributed by atoms with Gasteiger partial charge in [-0.2, -0.15) is 5.26 Å². The lowest BCUT2D eigenvalue weighted by molar-refractivity contribution is -0.385. The topological polar surface area (TPSA) is 91.8 Å². The Morgan fingerprint density at radius 2 is 2.25 bits per heavy atom. The lowest BCUT2D eigenvalue weighted by atomic mass is 10.1. The molecule has 0 fully saturated rings. The van der Waals surface area contributed by atoms with Crippen LogP contribution in [0.4, 0.5) is 11.5 Å². The standard InChI is InChI=1S/C13H9BrN4O2/c14-12-5-11(18(19)20)8-17-13(12)16-7-10-3-1-2-9(4-10)6-15/h1-5,8H,7H2,(H,16,17). The van der Waals surface area contributed by atoms with Crippen LogP contribution >= 0.6 is 15.9 Å². The van der Waals surface area contributed by atoms with Gasteiger partial charge >= 0.3 is 0 Å². The largest absolute Gasteiger partial charge is 0.365 e. The number of nitriles is 1. The first-order valence-corrected chi connectivity index (χ1v) is 6.42. The number of nitro groups is 1. The van der Waals surface area contributed by atoms with E-state index < -0.39 is 4.92 Å². The summed E-state index contributed by atoms with van der Waals surface area (Å²) in [6.45, 7) is 0.471. The molecule has 0 aliphatic carbocycles. The van der Waals surface area contributed by atoms with Crippen molar-refractivity contribution in [3.63, 3.8) is 0 Å². The summed E-state index contributed by atoms with van der Waals surface area (Å²) < 4.78 is 0.517. The summed E-state index contributed by atoms with van der Waals surface area (Å²) >= 11 is 3.24. The highest BCUT2D eigenvalue weighted by Crippen LogP contribution is 2.24. The van der Waals surface area contributed by atoms with Crippen molar-refractivity contribution in [2.24, 2.45) is 0 Å². The van der Waals surface area contributed by atoms with E-state index in [1.807, 2.05) is 6.07 Å². The lowest BCUT2D eigenvalue weighted by Crippen LogP contribution is -2.03. The Morgan fingerprint density at radius 3 is 2.90 bits per heavy atom. The second kappa shape index (κ2) is 6.12. The average molecular weight is 333 g/mol. The van der Waals surface area contributed by atoms with Gasteiger partial charge < -0.3 is 5.32 Å². The van der Waals surface area contributed by atoms with Crippen LogP contribution in [0.5, 0.6) is 0 Å². The third-order valence-electron chi connectivity index (χ3n) is 2.55. The molecule has 2 aromatic rings. The summed E-state index contributed by atoms with van der Waals surface area (Å²) in [6, 6.07) is 10.6. The van der Waals surface area contributed by atoms with Gasteiger partial charge in [-0.3, -0.25) is 10.1 Å². The van der Waals surface area contributed by atoms with Crippen LogP contribution in [0.15, 0.2) is 41.0 Å². The molecular formula is C13H9BrN4O2. The van der Waals surface area contributed by atoms with Gasteiger partial charge in [0.2, 0.25) is 0 Å². The summed E-state index contributed by atoms with van der Waals surface area (Å²) in [6.07, 6.45) is 1.19. The molecule has 1 heterocycles. The van der Waals surface area contributed by atoms with Crippen molar-refractivity contribution in [3.8, 4) is 6.07 Å². The number of hydrogen-bond donors (Lipinski definition) is 1. The van der Waals surface area contributed by atoms with Crippen molar-refractivity contribution >= 4 is 27.4 Å². The number of nitrogens with zero attached hydrogens (tertiary/aromatic N) is 3. The molecule has 0 saturated carbocycles. The van der Waals surface area contributed by atoms with E-state index in [1.54, 1.807) is 18.2 Å². The van der Waals surface area contributed by atoms with E-state index in [1.165, 1.54) is 12.3 Å². The molecule has 0 radical (unpaired) electrons. The summed E-state index contributed by atoms with van der Waals surface area (Å²) in [5.74, 6) is 0.512. The molecule has 1 aromatic carbocycles. The van der Waals surface area contributed by atoms with Crippen LogP contribution in [-0.4, -0.2) is 9.91 Å². The fourth-order valence-electron chi connectivity index (χ4n) is 1.59. The molecule has 0 aliphatic heterocycles. The molecule has 0 unspecified atom stereocenters. The molecule has 0 spiro atoms. The van der Waals surface area contributed by atoms with Gasteiger partial charge in [-0.15, -0.1) is 0 Å². The summed E-state index contributed by atoms with van der Waals surface area (Å²) in [4.78, 5) is 14.1. The normalized spacial score (nSPS) is 9.80. The van der Waals surface area contributed by atoms with E-state index in [0.717, 1.165) is 5.56 Å². The van der Waals surface area contributed by atoms with E-state index in [2.05, 4.69) is 32.3 Å². The van der Waals surface area contributed by atoms with E-state index in [9.17, 15) is 10.1 Å². The van der Waals surface area contributed by atoms with Crippen LogP contribution in [0.1, 0.15) is 11.1 Å². The molecule has 1 N–H and O–H groups in total. The number of benzene rings is 1. The molecule has 0 amide bonds. The Bertz CT molecular complexity index is 697. The van der Waals surface area contributed by atoms with Gasteiger partial charge in [0.15, 0.2) is 0 Å². The first-order valence-electron chi connectivity index (χ1n) is 5.63. The van der Waals surface area contributed by atoms with Gasteiger partial charge in [0, 0.05) is 12.6 Å². The molecule has 0 bridgehead atoms. The van der Waals surface area contributed by atoms with Gasteiger partial charge in [-0.1, -0.05) is 12.1 Å². The summed E-state index contributed by atoms with van der Waals surface area (Å²) in [5, 5.41) is 22.5. The van der Waals surface area contributed by atoms with E-state index in [-0.39, 0.29) is 5.69 Å². The molecule has 0 aliphatic rings. The fourth-order valence-corrected chi connectivity index (χ4v) is 2.07. The monoisotopic (exact) mass is 332 g/mol. The van der Waals surface area contributed by atoms with Crippen molar-refractivity contribution in [1.29, 1.82) is 5.26 Å². The fraction of sp³-hybridized carbons (Fsp3) is 0.0769. The molecule has 0 saturated heterocycles. The molecule has 100 valence electrons. The van der Waals surface area contributed by atoms with Crippen molar-refractivity contribution in [1.82, 2.24) is 4.98 Å². The van der Waals surface area contributed by atoms with Gasteiger partial charge in [0.25, 0.3) is 5.69 Å². The Labute approximate surface area is 123 Å². The lowest BCUT2D eigenvalue weighted by Gasteiger charge is -2.07. The minimum absolute atomic E-state index is 0.0751. The number of nitrogens with one attached hydrogen (secondary N) is 1. The average Bonchev–Trinajstić information content (AvgIpc) is 2.46. The van der Waals surface area contributed by atoms with Crippen LogP contribution in [0.2, 0.25) is 0 Å². The van der Waals surface area contributed by atoms with Crippen LogP contribution in [0.25, 0.3) is 0 Å². The Kier molecular flexibility index (Phi) is 4.27. The van der Waals surface area contributed by atoms with Crippen molar-refractivity contribution in [2.75, 3.05) is 5.32 Å². The minimum Gasteiger partial charge on any atom is -0.365 e. The Morgan fingerprint density at radius 1 is 1.45 bits per heavy atom. The van der Waals surface area contributed by atoms with Gasteiger partial charge in [-0.25, -0.2) is 4.98 Å². The van der Waals surface area contributed by atoms with Crippen molar-refractivity contribution in [3.05, 3.63) is 62.2 Å². The maximum atomic E-state index is 10.6. The second-order valence-electron chi connectivity index (χ2n) is 3.95. The van der Waals surface area contributed by atoms with Gasteiger partial charge in [-0.05, 0) is 33.6 Å². The summed E-state index contributed by atoms with van der Waals surface area (Å²) in [5.41, 5.74) is 1.44. The maximum Gasteiger partial charge on any atom is 0.288 e. The maximum absolute atomic E-state index is 10.6. The first-order chi connectivity index (χ1) is 9.60. The number of anilines is 1. The van der Waals surface area contributed by atoms with E-state index >= 15 is 0 Å². The van der Waals surface area contributed by atoms with Crippen molar-refractivity contribution in [2.45, 2.75) is 6.54 Å². The zero-order valence-corrected chi connectivity index (χ0v) is 11.8. The van der Waals surface area contributed by atoms with E-state index in [4.69, 9.17) is 5.26 Å². The van der Waals surface area contributed by atoms with Crippen molar-refractivity contribution < 1.29 is 4.92 Å². The highest BCUT2D eigenvalue weighted by Gasteiger charge is 2.10. The number of rotatable bonds is 4. The van der Waals surface area contributed by atoms with Crippen LogP contribution < -0.4 is 5.32 Å². The number of pyridine rings is 1. The summed E-state index contributed by atoms with van der Waals surface area (Å²) in [7, 11) is 0. The Hall–Kier alpha value is -2.46. The second-order valence-corrected chi connectivity index (χ2v) is 4.80.